The molecule has 0 amide bonds. The molecule has 1 aromatic heterocycles. The van der Waals surface area contributed by atoms with Crippen molar-refractivity contribution in [1.29, 1.82) is 0 Å². The van der Waals surface area contributed by atoms with Gasteiger partial charge in [-0.25, -0.2) is 4.98 Å². The van der Waals surface area contributed by atoms with Gasteiger partial charge in [0.05, 0.1) is 6.10 Å². The van der Waals surface area contributed by atoms with Crippen molar-refractivity contribution >= 4 is 5.69 Å². The predicted octanol–water partition coefficient (Wildman–Crippen LogP) is 2.20. The molecule has 0 saturated carbocycles. The standard InChI is InChI=1S/C11H15FN2O/c1-8(10-3-2-6-15-10)14-9-4-5-13-11(12)7-9/h4-5,7-8,10H,2-3,6H2,1H3,(H,13,14). The largest absolute Gasteiger partial charge is 0.380 e. The fourth-order valence-corrected chi connectivity index (χ4v) is 1.84. The van der Waals surface area contributed by atoms with Crippen LogP contribution >= 0.6 is 0 Å². The van der Waals surface area contributed by atoms with Crippen LogP contribution in [-0.2, 0) is 4.74 Å². The number of halogens is 1. The van der Waals surface area contributed by atoms with Crippen LogP contribution in [0.3, 0.4) is 0 Å². The van der Waals surface area contributed by atoms with Gasteiger partial charge >= 0.3 is 0 Å². The average Bonchev–Trinajstić information content (AvgIpc) is 2.70. The molecule has 0 aromatic carbocycles. The van der Waals surface area contributed by atoms with Gasteiger partial charge in [0.25, 0.3) is 0 Å². The molecule has 0 spiro atoms. The van der Waals surface area contributed by atoms with Gasteiger partial charge in [0.15, 0.2) is 0 Å². The fraction of sp³-hybridized carbons (Fsp3) is 0.545. The highest BCUT2D eigenvalue weighted by molar-refractivity contribution is 5.42. The second-order valence-electron chi connectivity index (χ2n) is 3.85. The number of pyridine rings is 1. The number of hydrogen-bond acceptors (Lipinski definition) is 3. The maximum atomic E-state index is 12.8. The molecule has 0 aliphatic carbocycles. The highest BCUT2D eigenvalue weighted by Gasteiger charge is 2.22. The van der Waals surface area contributed by atoms with Crippen LogP contribution in [0.1, 0.15) is 19.8 Å². The molecular weight excluding hydrogens is 195 g/mol. The second kappa shape index (κ2) is 4.57. The van der Waals surface area contributed by atoms with Gasteiger partial charge in [0.2, 0.25) is 5.95 Å². The highest BCUT2D eigenvalue weighted by Crippen LogP contribution is 2.18. The van der Waals surface area contributed by atoms with E-state index in [4.69, 9.17) is 4.74 Å². The van der Waals surface area contributed by atoms with E-state index >= 15 is 0 Å². The number of hydrogen-bond donors (Lipinski definition) is 1. The Morgan fingerprint density at radius 2 is 2.53 bits per heavy atom. The molecule has 2 rings (SSSR count). The van der Waals surface area contributed by atoms with Crippen molar-refractivity contribution in [3.05, 3.63) is 24.3 Å². The van der Waals surface area contributed by atoms with Gasteiger partial charge < -0.3 is 10.1 Å². The van der Waals surface area contributed by atoms with Crippen LogP contribution < -0.4 is 5.32 Å². The summed E-state index contributed by atoms with van der Waals surface area (Å²) >= 11 is 0. The number of ether oxygens (including phenoxy) is 1. The summed E-state index contributed by atoms with van der Waals surface area (Å²) in [5, 5.41) is 3.22. The SMILES string of the molecule is CC(Nc1ccnc(F)c1)C1CCCO1. The molecule has 0 radical (unpaired) electrons. The van der Waals surface area contributed by atoms with Crippen LogP contribution in [0.5, 0.6) is 0 Å². The van der Waals surface area contributed by atoms with Crippen LogP contribution in [0, 0.1) is 5.95 Å². The summed E-state index contributed by atoms with van der Waals surface area (Å²) in [4.78, 5) is 3.51. The maximum Gasteiger partial charge on any atom is 0.214 e. The quantitative estimate of drug-likeness (QED) is 0.776. The van der Waals surface area contributed by atoms with Crippen molar-refractivity contribution in [2.24, 2.45) is 0 Å². The van der Waals surface area contributed by atoms with Crippen molar-refractivity contribution in [2.45, 2.75) is 31.9 Å². The number of aromatic nitrogens is 1. The Morgan fingerprint density at radius 1 is 1.67 bits per heavy atom. The monoisotopic (exact) mass is 210 g/mol. The summed E-state index contributed by atoms with van der Waals surface area (Å²) in [5.74, 6) is -0.459. The molecule has 4 heteroatoms. The smallest absolute Gasteiger partial charge is 0.214 e. The van der Waals surface area contributed by atoms with Crippen LogP contribution in [0.4, 0.5) is 10.1 Å². The normalized spacial score (nSPS) is 22.7. The lowest BCUT2D eigenvalue weighted by Gasteiger charge is -2.20. The minimum Gasteiger partial charge on any atom is -0.380 e. The van der Waals surface area contributed by atoms with Crippen molar-refractivity contribution in [3.8, 4) is 0 Å². The van der Waals surface area contributed by atoms with E-state index in [0.717, 1.165) is 25.1 Å². The van der Waals surface area contributed by atoms with E-state index in [1.807, 2.05) is 6.92 Å². The van der Waals surface area contributed by atoms with E-state index in [-0.39, 0.29) is 12.1 Å². The van der Waals surface area contributed by atoms with Gasteiger partial charge in [0.1, 0.15) is 0 Å². The third-order valence-corrected chi connectivity index (χ3v) is 2.64. The van der Waals surface area contributed by atoms with Gasteiger partial charge in [-0.2, -0.15) is 4.39 Å². The van der Waals surface area contributed by atoms with Crippen molar-refractivity contribution in [2.75, 3.05) is 11.9 Å². The third-order valence-electron chi connectivity index (χ3n) is 2.64. The maximum absolute atomic E-state index is 12.8. The van der Waals surface area contributed by atoms with Crippen molar-refractivity contribution in [1.82, 2.24) is 4.98 Å². The highest BCUT2D eigenvalue weighted by atomic mass is 19.1. The molecule has 1 aromatic rings. The molecule has 2 unspecified atom stereocenters. The Morgan fingerprint density at radius 3 is 3.20 bits per heavy atom. The third kappa shape index (κ3) is 2.65. The summed E-state index contributed by atoms with van der Waals surface area (Å²) in [7, 11) is 0. The lowest BCUT2D eigenvalue weighted by molar-refractivity contribution is 0.0996. The Labute approximate surface area is 88.7 Å². The zero-order valence-corrected chi connectivity index (χ0v) is 8.74. The van der Waals surface area contributed by atoms with Crippen LogP contribution in [0.25, 0.3) is 0 Å². The molecule has 1 aliphatic rings. The van der Waals surface area contributed by atoms with Crippen molar-refractivity contribution < 1.29 is 9.13 Å². The molecule has 0 bridgehead atoms. The van der Waals surface area contributed by atoms with Crippen LogP contribution in [0.2, 0.25) is 0 Å². The first-order valence-electron chi connectivity index (χ1n) is 5.25. The number of nitrogens with one attached hydrogen (secondary N) is 1. The molecule has 2 atom stereocenters. The molecule has 3 nitrogen and oxygen atoms in total. The summed E-state index contributed by atoms with van der Waals surface area (Å²) in [6.07, 6.45) is 3.88. The zero-order chi connectivity index (χ0) is 10.7. The molecule has 1 aliphatic heterocycles. The average molecular weight is 210 g/mol. The Bertz CT molecular complexity index is 326. The first-order valence-corrected chi connectivity index (χ1v) is 5.25. The first kappa shape index (κ1) is 10.4. The van der Waals surface area contributed by atoms with Gasteiger partial charge in [0, 0.05) is 30.6 Å². The summed E-state index contributed by atoms with van der Waals surface area (Å²) in [6, 6.07) is 3.36. The number of nitrogens with zero attached hydrogens (tertiary/aromatic N) is 1. The summed E-state index contributed by atoms with van der Waals surface area (Å²) in [6.45, 7) is 2.88. The van der Waals surface area contributed by atoms with E-state index in [1.165, 1.54) is 12.3 Å². The predicted molar refractivity (Wildman–Crippen MR) is 56.3 cm³/mol. The van der Waals surface area contributed by atoms with Gasteiger partial charge in [-0.1, -0.05) is 0 Å². The van der Waals surface area contributed by atoms with Gasteiger partial charge in [-0.05, 0) is 25.8 Å². The number of rotatable bonds is 3. The molecule has 82 valence electrons. The van der Waals surface area contributed by atoms with E-state index < -0.39 is 5.95 Å². The fourth-order valence-electron chi connectivity index (χ4n) is 1.84. The lowest BCUT2D eigenvalue weighted by Crippen LogP contribution is -2.30. The minimum absolute atomic E-state index is 0.203. The molecular formula is C11H15FN2O. The Hall–Kier alpha value is -1.16. The lowest BCUT2D eigenvalue weighted by atomic mass is 10.1. The molecule has 15 heavy (non-hydrogen) atoms. The van der Waals surface area contributed by atoms with Crippen molar-refractivity contribution in [3.63, 3.8) is 0 Å². The molecule has 1 fully saturated rings. The van der Waals surface area contributed by atoms with Crippen LogP contribution in [0.15, 0.2) is 18.3 Å². The van der Waals surface area contributed by atoms with Crippen LogP contribution in [-0.4, -0.2) is 23.7 Å². The minimum atomic E-state index is -0.459. The summed E-state index contributed by atoms with van der Waals surface area (Å²) in [5.41, 5.74) is 0.755. The van der Waals surface area contributed by atoms with Gasteiger partial charge in [-0.3, -0.25) is 0 Å². The summed E-state index contributed by atoms with van der Waals surface area (Å²) < 4.78 is 18.4. The first-order chi connectivity index (χ1) is 7.25. The van der Waals surface area contributed by atoms with Gasteiger partial charge in [-0.15, -0.1) is 0 Å². The Balaban J connectivity index is 1.95. The van der Waals surface area contributed by atoms with E-state index in [2.05, 4.69) is 10.3 Å². The zero-order valence-electron chi connectivity index (χ0n) is 8.74. The topological polar surface area (TPSA) is 34.2 Å². The molecule has 1 saturated heterocycles. The molecule has 2 heterocycles. The van der Waals surface area contributed by atoms with E-state index in [9.17, 15) is 4.39 Å². The van der Waals surface area contributed by atoms with E-state index in [0.29, 0.717) is 0 Å². The Kier molecular flexibility index (Phi) is 3.16. The van der Waals surface area contributed by atoms with E-state index in [1.54, 1.807) is 6.07 Å². The second-order valence-corrected chi connectivity index (χ2v) is 3.85. The molecule has 1 N–H and O–H groups in total. The number of anilines is 1.